The predicted molar refractivity (Wildman–Crippen MR) is 117 cm³/mol. The lowest BCUT2D eigenvalue weighted by Crippen LogP contribution is -2.14. The minimum atomic E-state index is -0.353. The molecule has 2 N–H and O–H groups in total. The van der Waals surface area contributed by atoms with Crippen molar-refractivity contribution in [3.63, 3.8) is 0 Å². The van der Waals surface area contributed by atoms with Crippen molar-refractivity contribution in [3.8, 4) is 11.1 Å². The third-order valence-electron chi connectivity index (χ3n) is 5.28. The molecule has 2 rings (SSSR count). The standard InChI is InChI=1S/C24H36N2O2/c1-7-10-20-22(18-11-13-19(14-12-18)24(4,5)6)21(23(25)27)17(3)26(20)15-9-16-28-8-2/h11-14H,7-10,15-16H2,1-6H3,(H2,25,27). The average Bonchev–Trinajstić information content (AvgIpc) is 2.90. The number of primary amides is 1. The van der Waals surface area contributed by atoms with E-state index in [9.17, 15) is 4.79 Å². The molecule has 1 amide bonds. The minimum Gasteiger partial charge on any atom is -0.382 e. The van der Waals surface area contributed by atoms with E-state index in [1.165, 1.54) is 11.3 Å². The van der Waals surface area contributed by atoms with Crippen LogP contribution in [0, 0.1) is 6.92 Å². The smallest absolute Gasteiger partial charge is 0.251 e. The topological polar surface area (TPSA) is 57.2 Å². The molecule has 1 aromatic carbocycles. The van der Waals surface area contributed by atoms with Crippen LogP contribution in [0.25, 0.3) is 11.1 Å². The lowest BCUT2D eigenvalue weighted by molar-refractivity contribution is 0.1000. The second-order valence-corrected chi connectivity index (χ2v) is 8.43. The van der Waals surface area contributed by atoms with Crippen LogP contribution in [-0.2, 0) is 23.1 Å². The molecule has 0 saturated carbocycles. The van der Waals surface area contributed by atoms with E-state index in [1.54, 1.807) is 0 Å². The fraction of sp³-hybridized carbons (Fsp3) is 0.542. The Hall–Kier alpha value is -2.07. The third kappa shape index (κ3) is 4.85. The van der Waals surface area contributed by atoms with Crippen LogP contribution in [0.5, 0.6) is 0 Å². The van der Waals surface area contributed by atoms with Crippen LogP contribution >= 0.6 is 0 Å². The van der Waals surface area contributed by atoms with Gasteiger partial charge in [0.25, 0.3) is 5.91 Å². The summed E-state index contributed by atoms with van der Waals surface area (Å²) in [6.07, 6.45) is 2.85. The van der Waals surface area contributed by atoms with Crippen LogP contribution in [0.3, 0.4) is 0 Å². The van der Waals surface area contributed by atoms with Crippen molar-refractivity contribution in [1.29, 1.82) is 0 Å². The molecule has 0 atom stereocenters. The summed E-state index contributed by atoms with van der Waals surface area (Å²) >= 11 is 0. The molecule has 4 heteroatoms. The quantitative estimate of drug-likeness (QED) is 0.601. The zero-order valence-electron chi connectivity index (χ0n) is 18.4. The van der Waals surface area contributed by atoms with Gasteiger partial charge in [-0.2, -0.15) is 0 Å². The van der Waals surface area contributed by atoms with Crippen LogP contribution < -0.4 is 5.73 Å². The molecule has 0 aliphatic heterocycles. The molecule has 1 aromatic heterocycles. The van der Waals surface area contributed by atoms with Gasteiger partial charge in [0.05, 0.1) is 5.56 Å². The number of hydrogen-bond donors (Lipinski definition) is 1. The van der Waals surface area contributed by atoms with Crippen LogP contribution in [0.15, 0.2) is 24.3 Å². The zero-order valence-corrected chi connectivity index (χ0v) is 18.4. The van der Waals surface area contributed by atoms with Gasteiger partial charge in [0.1, 0.15) is 0 Å². The van der Waals surface area contributed by atoms with Gasteiger partial charge in [0.2, 0.25) is 0 Å². The first kappa shape index (κ1) is 22.2. The third-order valence-corrected chi connectivity index (χ3v) is 5.28. The summed E-state index contributed by atoms with van der Waals surface area (Å²) in [5.74, 6) is -0.353. The van der Waals surface area contributed by atoms with Gasteiger partial charge in [-0.1, -0.05) is 58.4 Å². The summed E-state index contributed by atoms with van der Waals surface area (Å²) in [6, 6.07) is 8.59. The first-order chi connectivity index (χ1) is 13.2. The molecule has 0 bridgehead atoms. The van der Waals surface area contributed by atoms with Gasteiger partial charge < -0.3 is 15.0 Å². The molecule has 0 spiro atoms. The molecule has 154 valence electrons. The monoisotopic (exact) mass is 384 g/mol. The molecule has 0 saturated heterocycles. The fourth-order valence-electron chi connectivity index (χ4n) is 3.82. The number of nitrogens with zero attached hydrogens (tertiary/aromatic N) is 1. The van der Waals surface area contributed by atoms with E-state index in [4.69, 9.17) is 10.5 Å². The van der Waals surface area contributed by atoms with Crippen LogP contribution in [0.2, 0.25) is 0 Å². The summed E-state index contributed by atoms with van der Waals surface area (Å²) in [6.45, 7) is 15.1. The van der Waals surface area contributed by atoms with Crippen molar-refractivity contribution < 1.29 is 9.53 Å². The largest absolute Gasteiger partial charge is 0.382 e. The van der Waals surface area contributed by atoms with Gasteiger partial charge in [-0.15, -0.1) is 0 Å². The van der Waals surface area contributed by atoms with E-state index in [1.807, 2.05) is 13.8 Å². The number of benzene rings is 1. The minimum absolute atomic E-state index is 0.0957. The number of amides is 1. The van der Waals surface area contributed by atoms with Gasteiger partial charge in [-0.25, -0.2) is 0 Å². The Morgan fingerprint density at radius 2 is 1.79 bits per heavy atom. The first-order valence-corrected chi connectivity index (χ1v) is 10.4. The average molecular weight is 385 g/mol. The number of aromatic nitrogens is 1. The van der Waals surface area contributed by atoms with E-state index < -0.39 is 0 Å². The number of rotatable bonds is 9. The maximum atomic E-state index is 12.4. The molecule has 1 heterocycles. The molecule has 0 aliphatic carbocycles. The zero-order chi connectivity index (χ0) is 20.9. The van der Waals surface area contributed by atoms with Crippen molar-refractivity contribution in [2.75, 3.05) is 13.2 Å². The molecule has 0 aliphatic rings. The van der Waals surface area contributed by atoms with E-state index >= 15 is 0 Å². The van der Waals surface area contributed by atoms with Crippen LogP contribution in [-0.4, -0.2) is 23.7 Å². The number of carbonyl (C=O) groups excluding carboxylic acids is 1. The van der Waals surface area contributed by atoms with Gasteiger partial charge in [-0.05, 0) is 43.2 Å². The normalized spacial score (nSPS) is 11.8. The molecule has 4 nitrogen and oxygen atoms in total. The number of hydrogen-bond acceptors (Lipinski definition) is 2. The number of ether oxygens (including phenoxy) is 1. The maximum absolute atomic E-state index is 12.4. The Morgan fingerprint density at radius 1 is 1.14 bits per heavy atom. The van der Waals surface area contributed by atoms with Crippen molar-refractivity contribution in [2.24, 2.45) is 5.73 Å². The van der Waals surface area contributed by atoms with Crippen LogP contribution in [0.1, 0.15) is 74.8 Å². The summed E-state index contributed by atoms with van der Waals surface area (Å²) in [7, 11) is 0. The molecule has 0 fully saturated rings. The molecular weight excluding hydrogens is 348 g/mol. The van der Waals surface area contributed by atoms with E-state index in [0.29, 0.717) is 5.56 Å². The Bertz CT molecular complexity index is 795. The van der Waals surface area contributed by atoms with E-state index in [2.05, 4.69) is 56.5 Å². The summed E-state index contributed by atoms with van der Waals surface area (Å²) in [5.41, 5.74) is 12.1. The molecular formula is C24H36N2O2. The maximum Gasteiger partial charge on any atom is 0.251 e. The van der Waals surface area contributed by atoms with Gasteiger partial charge >= 0.3 is 0 Å². The highest BCUT2D eigenvalue weighted by Gasteiger charge is 2.24. The lowest BCUT2D eigenvalue weighted by atomic mass is 9.86. The Kier molecular flexibility index (Phi) is 7.48. The predicted octanol–water partition coefficient (Wildman–Crippen LogP) is 5.24. The Morgan fingerprint density at radius 3 is 2.29 bits per heavy atom. The second-order valence-electron chi connectivity index (χ2n) is 8.43. The molecule has 28 heavy (non-hydrogen) atoms. The van der Waals surface area contributed by atoms with Crippen molar-refractivity contribution in [3.05, 3.63) is 46.8 Å². The van der Waals surface area contributed by atoms with Crippen molar-refractivity contribution in [1.82, 2.24) is 4.57 Å². The molecule has 0 unspecified atom stereocenters. The SMILES string of the molecule is CCCc1c(-c2ccc(C(C)(C)C)cc2)c(C(N)=O)c(C)n1CCCOCC. The number of nitrogens with two attached hydrogens (primary N) is 1. The second kappa shape index (κ2) is 9.42. The van der Waals surface area contributed by atoms with E-state index in [-0.39, 0.29) is 11.3 Å². The lowest BCUT2D eigenvalue weighted by Gasteiger charge is -2.19. The van der Waals surface area contributed by atoms with Crippen LogP contribution in [0.4, 0.5) is 0 Å². The van der Waals surface area contributed by atoms with Gasteiger partial charge in [-0.3, -0.25) is 4.79 Å². The van der Waals surface area contributed by atoms with E-state index in [0.717, 1.165) is 55.8 Å². The summed E-state index contributed by atoms with van der Waals surface area (Å²) in [4.78, 5) is 12.4. The fourth-order valence-corrected chi connectivity index (χ4v) is 3.82. The highest BCUT2D eigenvalue weighted by Crippen LogP contribution is 2.35. The van der Waals surface area contributed by atoms with Crippen molar-refractivity contribution in [2.45, 2.75) is 72.8 Å². The highest BCUT2D eigenvalue weighted by molar-refractivity contribution is 6.02. The van der Waals surface area contributed by atoms with Gasteiger partial charge in [0, 0.05) is 36.7 Å². The van der Waals surface area contributed by atoms with Gasteiger partial charge in [0.15, 0.2) is 0 Å². The van der Waals surface area contributed by atoms with Crippen molar-refractivity contribution >= 4 is 5.91 Å². The molecule has 0 radical (unpaired) electrons. The summed E-state index contributed by atoms with van der Waals surface area (Å²) < 4.78 is 7.78. The molecule has 2 aromatic rings. The first-order valence-electron chi connectivity index (χ1n) is 10.4. The Balaban J connectivity index is 2.56. The highest BCUT2D eigenvalue weighted by atomic mass is 16.5. The Labute approximate surface area is 170 Å². The number of carbonyl (C=O) groups is 1. The summed E-state index contributed by atoms with van der Waals surface area (Å²) in [5, 5.41) is 0.